The Hall–Kier alpha value is -1.79. The quantitative estimate of drug-likeness (QED) is 0.740. The van der Waals surface area contributed by atoms with Crippen molar-refractivity contribution in [1.29, 1.82) is 0 Å². The van der Waals surface area contributed by atoms with Gasteiger partial charge in [-0.3, -0.25) is 4.79 Å². The molecule has 1 N–H and O–H groups in total. The Bertz CT molecular complexity index is 598. The van der Waals surface area contributed by atoms with Crippen molar-refractivity contribution in [2.75, 3.05) is 13.7 Å². The fraction of sp³-hybridized carbons (Fsp3) is 0.438. The number of halogens is 2. The van der Waals surface area contributed by atoms with Crippen LogP contribution in [0, 0.1) is 5.92 Å². The molecule has 1 amide bonds. The van der Waals surface area contributed by atoms with E-state index in [1.807, 2.05) is 13.8 Å². The van der Waals surface area contributed by atoms with Gasteiger partial charge in [-0.1, -0.05) is 43.1 Å². The molecular weight excluding hydrogens is 357 g/mol. The van der Waals surface area contributed by atoms with E-state index in [9.17, 15) is 14.4 Å². The van der Waals surface area contributed by atoms with Gasteiger partial charge >= 0.3 is 11.9 Å². The van der Waals surface area contributed by atoms with Crippen LogP contribution in [0.5, 0.6) is 0 Å². The number of rotatable bonds is 7. The van der Waals surface area contributed by atoms with Crippen LogP contribution in [-0.2, 0) is 19.1 Å². The summed E-state index contributed by atoms with van der Waals surface area (Å²) in [4.78, 5) is 35.5. The normalized spacial score (nSPS) is 11.8. The van der Waals surface area contributed by atoms with Crippen molar-refractivity contribution in [3.63, 3.8) is 0 Å². The third kappa shape index (κ3) is 6.02. The lowest BCUT2D eigenvalue weighted by Crippen LogP contribution is -2.44. The number of esters is 2. The first-order valence-electron chi connectivity index (χ1n) is 7.24. The Morgan fingerprint density at radius 3 is 2.25 bits per heavy atom. The minimum absolute atomic E-state index is 0.0136. The van der Waals surface area contributed by atoms with Crippen LogP contribution in [0.1, 0.15) is 30.6 Å². The van der Waals surface area contributed by atoms with Crippen molar-refractivity contribution in [2.45, 2.75) is 26.3 Å². The first-order chi connectivity index (χ1) is 11.3. The van der Waals surface area contributed by atoms with Crippen molar-refractivity contribution in [3.05, 3.63) is 33.8 Å². The van der Waals surface area contributed by atoms with E-state index >= 15 is 0 Å². The van der Waals surface area contributed by atoms with Crippen molar-refractivity contribution in [2.24, 2.45) is 5.92 Å². The highest BCUT2D eigenvalue weighted by atomic mass is 35.5. The fourth-order valence-corrected chi connectivity index (χ4v) is 2.51. The van der Waals surface area contributed by atoms with Crippen LogP contribution in [-0.4, -0.2) is 37.6 Å². The van der Waals surface area contributed by atoms with Crippen LogP contribution in [0.25, 0.3) is 0 Å². The summed E-state index contributed by atoms with van der Waals surface area (Å²) in [5.74, 6) is -1.83. The summed E-state index contributed by atoms with van der Waals surface area (Å²) in [6.45, 7) is 3.25. The monoisotopic (exact) mass is 375 g/mol. The van der Waals surface area contributed by atoms with Crippen molar-refractivity contribution >= 4 is 41.0 Å². The average Bonchev–Trinajstić information content (AvgIpc) is 2.50. The number of nitrogens with one attached hydrogen (secondary N) is 1. The molecule has 1 aromatic rings. The summed E-state index contributed by atoms with van der Waals surface area (Å²) in [6.07, 6.45) is 0.405. The number of hydrogen-bond donors (Lipinski definition) is 1. The van der Waals surface area contributed by atoms with Gasteiger partial charge < -0.3 is 14.8 Å². The first kappa shape index (κ1) is 20.3. The Morgan fingerprint density at radius 2 is 1.75 bits per heavy atom. The maximum Gasteiger partial charge on any atom is 0.341 e. The topological polar surface area (TPSA) is 81.7 Å². The van der Waals surface area contributed by atoms with Gasteiger partial charge in [0.1, 0.15) is 6.04 Å². The lowest BCUT2D eigenvalue weighted by atomic mass is 10.0. The molecule has 0 aliphatic heterocycles. The van der Waals surface area contributed by atoms with Gasteiger partial charge in [-0.15, -0.1) is 0 Å². The van der Waals surface area contributed by atoms with E-state index in [1.165, 1.54) is 19.2 Å². The Morgan fingerprint density at radius 1 is 1.17 bits per heavy atom. The number of methoxy groups -OCH3 is 1. The zero-order chi connectivity index (χ0) is 18.3. The maximum atomic E-state index is 12.0. The molecule has 0 radical (unpaired) electrons. The standard InChI is InChI=1S/C16H19Cl2NO5/c1-9(2)7-12(15(21)23-3)19-13(20)8-24-16(22)14-10(17)5-4-6-11(14)18/h4-6,9,12H,7-8H2,1-3H3,(H,19,20). The molecule has 6 nitrogen and oxygen atoms in total. The molecule has 24 heavy (non-hydrogen) atoms. The molecule has 1 atom stereocenters. The highest BCUT2D eigenvalue weighted by Crippen LogP contribution is 2.24. The minimum atomic E-state index is -0.820. The molecule has 132 valence electrons. The van der Waals surface area contributed by atoms with Crippen LogP contribution < -0.4 is 5.32 Å². The van der Waals surface area contributed by atoms with E-state index < -0.39 is 30.5 Å². The van der Waals surface area contributed by atoms with Gasteiger partial charge in [-0.25, -0.2) is 9.59 Å². The molecule has 1 unspecified atom stereocenters. The fourth-order valence-electron chi connectivity index (χ4n) is 1.96. The maximum absolute atomic E-state index is 12.0. The highest BCUT2D eigenvalue weighted by Gasteiger charge is 2.24. The predicted octanol–water partition coefficient (Wildman–Crippen LogP) is 2.85. The van der Waals surface area contributed by atoms with Crippen molar-refractivity contribution in [1.82, 2.24) is 5.32 Å². The van der Waals surface area contributed by atoms with E-state index in [0.717, 1.165) is 0 Å². The van der Waals surface area contributed by atoms with Gasteiger partial charge in [0, 0.05) is 0 Å². The van der Waals surface area contributed by atoms with Gasteiger partial charge in [-0.05, 0) is 24.5 Å². The second kappa shape index (κ2) is 9.49. The molecule has 0 fully saturated rings. The Balaban J connectivity index is 2.64. The van der Waals surface area contributed by atoms with E-state index in [-0.39, 0.29) is 21.5 Å². The first-order valence-corrected chi connectivity index (χ1v) is 8.00. The summed E-state index contributed by atoms with van der Waals surface area (Å²) in [5.41, 5.74) is -0.0136. The molecule has 0 bridgehead atoms. The van der Waals surface area contributed by atoms with E-state index in [1.54, 1.807) is 6.07 Å². The minimum Gasteiger partial charge on any atom is -0.467 e. The molecule has 0 aromatic heterocycles. The second-order valence-corrected chi connectivity index (χ2v) is 6.26. The van der Waals surface area contributed by atoms with Crippen LogP contribution in [0.3, 0.4) is 0 Å². The van der Waals surface area contributed by atoms with Crippen LogP contribution in [0.2, 0.25) is 10.0 Å². The van der Waals surface area contributed by atoms with Crippen LogP contribution in [0.4, 0.5) is 0 Å². The molecule has 0 saturated carbocycles. The van der Waals surface area contributed by atoms with Crippen molar-refractivity contribution < 1.29 is 23.9 Å². The number of carbonyl (C=O) groups is 3. The number of ether oxygens (including phenoxy) is 2. The number of hydrogen-bond acceptors (Lipinski definition) is 5. The molecule has 1 rings (SSSR count). The summed E-state index contributed by atoms with van der Waals surface area (Å²) in [6, 6.07) is 3.76. The molecule has 1 aromatic carbocycles. The zero-order valence-electron chi connectivity index (χ0n) is 13.6. The summed E-state index contributed by atoms with van der Waals surface area (Å²) < 4.78 is 9.54. The second-order valence-electron chi connectivity index (χ2n) is 5.45. The van der Waals surface area contributed by atoms with Gasteiger partial charge in [0.05, 0.1) is 22.7 Å². The molecule has 0 saturated heterocycles. The smallest absolute Gasteiger partial charge is 0.341 e. The molecule has 0 heterocycles. The lowest BCUT2D eigenvalue weighted by Gasteiger charge is -2.18. The summed E-state index contributed by atoms with van der Waals surface area (Å²) in [5, 5.41) is 2.73. The molecule has 0 aliphatic carbocycles. The third-order valence-electron chi connectivity index (χ3n) is 3.03. The summed E-state index contributed by atoms with van der Waals surface area (Å²) >= 11 is 11.8. The highest BCUT2D eigenvalue weighted by molar-refractivity contribution is 6.39. The predicted molar refractivity (Wildman–Crippen MR) is 90.1 cm³/mol. The van der Waals surface area contributed by atoms with Gasteiger partial charge in [0.2, 0.25) is 0 Å². The molecular formula is C16H19Cl2NO5. The Labute approximate surface area is 150 Å². The van der Waals surface area contributed by atoms with Crippen LogP contribution >= 0.6 is 23.2 Å². The third-order valence-corrected chi connectivity index (χ3v) is 3.66. The van der Waals surface area contributed by atoms with Crippen LogP contribution in [0.15, 0.2) is 18.2 Å². The van der Waals surface area contributed by atoms with Gasteiger partial charge in [-0.2, -0.15) is 0 Å². The zero-order valence-corrected chi connectivity index (χ0v) is 15.1. The van der Waals surface area contributed by atoms with E-state index in [2.05, 4.69) is 10.1 Å². The van der Waals surface area contributed by atoms with E-state index in [4.69, 9.17) is 27.9 Å². The van der Waals surface area contributed by atoms with Gasteiger partial charge in [0.15, 0.2) is 6.61 Å². The molecule has 0 spiro atoms. The lowest BCUT2D eigenvalue weighted by molar-refractivity contribution is -0.145. The summed E-state index contributed by atoms with van der Waals surface area (Å²) in [7, 11) is 1.24. The Kier molecular flexibility index (Phi) is 8.01. The SMILES string of the molecule is COC(=O)C(CC(C)C)NC(=O)COC(=O)c1c(Cl)cccc1Cl. The molecule has 8 heteroatoms. The molecule has 0 aliphatic rings. The van der Waals surface area contributed by atoms with Crippen molar-refractivity contribution in [3.8, 4) is 0 Å². The van der Waals surface area contributed by atoms with Gasteiger partial charge in [0.25, 0.3) is 5.91 Å². The number of benzene rings is 1. The number of carbonyl (C=O) groups excluding carboxylic acids is 3. The number of amides is 1. The largest absolute Gasteiger partial charge is 0.467 e. The van der Waals surface area contributed by atoms with E-state index in [0.29, 0.717) is 6.42 Å². The average molecular weight is 376 g/mol.